The number of carbonyl (C=O) groups is 1. The number of carbonyl (C=O) groups excluding carboxylic acids is 1. The molecule has 2 aromatic rings. The zero-order valence-electron chi connectivity index (χ0n) is 12.7. The number of hydrogen-bond acceptors (Lipinski definition) is 5. The van der Waals surface area contributed by atoms with Crippen LogP contribution in [0.2, 0.25) is 0 Å². The molecule has 0 aliphatic heterocycles. The first-order valence-corrected chi connectivity index (χ1v) is 7.94. The van der Waals surface area contributed by atoms with E-state index in [0.29, 0.717) is 10.9 Å². The summed E-state index contributed by atoms with van der Waals surface area (Å²) in [5.74, 6) is 0.851. The molecule has 0 bridgehead atoms. The average molecular weight is 327 g/mol. The van der Waals surface area contributed by atoms with Gasteiger partial charge in [0.25, 0.3) is 0 Å². The van der Waals surface area contributed by atoms with Crippen LogP contribution in [0.1, 0.15) is 18.1 Å². The Balaban J connectivity index is 1.90. The summed E-state index contributed by atoms with van der Waals surface area (Å²) in [4.78, 5) is 10.9. The van der Waals surface area contributed by atoms with Gasteiger partial charge < -0.3 is 10.5 Å². The molecule has 5 nitrogen and oxygen atoms in total. The third kappa shape index (κ3) is 6.36. The minimum atomic E-state index is -0.362. The minimum absolute atomic E-state index is 0.362. The van der Waals surface area contributed by atoms with Gasteiger partial charge in [-0.3, -0.25) is 4.79 Å². The van der Waals surface area contributed by atoms with E-state index in [9.17, 15) is 4.79 Å². The number of hydrogen-bond donors (Lipinski definition) is 1. The fourth-order valence-corrected chi connectivity index (χ4v) is 2.35. The van der Waals surface area contributed by atoms with Crippen molar-refractivity contribution in [1.29, 1.82) is 0 Å². The van der Waals surface area contributed by atoms with Crippen LogP contribution in [0.3, 0.4) is 0 Å². The van der Waals surface area contributed by atoms with E-state index in [4.69, 9.17) is 10.5 Å². The SMILES string of the molecule is CC(=O)Oc1cccc(C=NN=C(N)SCc2ccccc2)c1. The third-order valence-electron chi connectivity index (χ3n) is 2.71. The molecule has 23 heavy (non-hydrogen) atoms. The Morgan fingerprint density at radius 2 is 2.00 bits per heavy atom. The molecule has 0 fully saturated rings. The standard InChI is InChI=1S/C17H17N3O2S/c1-13(21)22-16-9-5-8-15(10-16)11-19-20-17(18)23-12-14-6-3-2-4-7-14/h2-11H,12H2,1H3,(H2,18,20). The van der Waals surface area contributed by atoms with Crippen LogP contribution in [0, 0.1) is 0 Å². The molecule has 0 amide bonds. The van der Waals surface area contributed by atoms with E-state index < -0.39 is 0 Å². The second-order valence-electron chi connectivity index (χ2n) is 4.62. The molecule has 0 aliphatic rings. The average Bonchev–Trinajstić information content (AvgIpc) is 2.54. The van der Waals surface area contributed by atoms with Gasteiger partial charge in [0.05, 0.1) is 6.21 Å². The van der Waals surface area contributed by atoms with Crippen LogP contribution in [0.25, 0.3) is 0 Å². The van der Waals surface area contributed by atoms with Crippen LogP contribution in [0.5, 0.6) is 5.75 Å². The third-order valence-corrected chi connectivity index (χ3v) is 3.57. The maximum Gasteiger partial charge on any atom is 0.308 e. The van der Waals surface area contributed by atoms with Gasteiger partial charge in [0.1, 0.15) is 5.75 Å². The van der Waals surface area contributed by atoms with Crippen molar-refractivity contribution in [2.24, 2.45) is 15.9 Å². The number of ether oxygens (including phenoxy) is 1. The Morgan fingerprint density at radius 1 is 1.22 bits per heavy atom. The molecule has 118 valence electrons. The van der Waals surface area contributed by atoms with E-state index in [0.717, 1.165) is 11.3 Å². The Bertz CT molecular complexity index is 715. The highest BCUT2D eigenvalue weighted by Crippen LogP contribution is 2.13. The second kappa shape index (κ2) is 8.75. The highest BCUT2D eigenvalue weighted by atomic mass is 32.2. The van der Waals surface area contributed by atoms with Crippen LogP contribution >= 0.6 is 11.8 Å². The first-order valence-electron chi connectivity index (χ1n) is 6.95. The topological polar surface area (TPSA) is 77.0 Å². The first kappa shape index (κ1) is 16.8. The van der Waals surface area contributed by atoms with Gasteiger partial charge in [0, 0.05) is 12.7 Å². The molecular weight excluding hydrogens is 310 g/mol. The predicted molar refractivity (Wildman–Crippen MR) is 94.7 cm³/mol. The number of amidine groups is 1. The summed E-state index contributed by atoms with van der Waals surface area (Å²) in [6.07, 6.45) is 1.56. The second-order valence-corrected chi connectivity index (χ2v) is 5.62. The van der Waals surface area contributed by atoms with Crippen molar-refractivity contribution in [3.8, 4) is 5.75 Å². The number of thioether (sulfide) groups is 1. The van der Waals surface area contributed by atoms with E-state index in [-0.39, 0.29) is 5.97 Å². The van der Waals surface area contributed by atoms with Crippen LogP contribution in [0.4, 0.5) is 0 Å². The van der Waals surface area contributed by atoms with Crippen LogP contribution in [-0.2, 0) is 10.5 Å². The normalized spacial score (nSPS) is 11.6. The minimum Gasteiger partial charge on any atom is -0.427 e. The lowest BCUT2D eigenvalue weighted by atomic mass is 10.2. The van der Waals surface area contributed by atoms with Crippen molar-refractivity contribution in [2.75, 3.05) is 0 Å². The molecule has 0 unspecified atom stereocenters. The summed E-state index contributed by atoms with van der Waals surface area (Å²) in [7, 11) is 0. The van der Waals surface area contributed by atoms with Gasteiger partial charge in [-0.2, -0.15) is 5.10 Å². The molecule has 0 aromatic heterocycles. The zero-order valence-corrected chi connectivity index (χ0v) is 13.5. The van der Waals surface area contributed by atoms with Crippen molar-refractivity contribution >= 4 is 29.1 Å². The van der Waals surface area contributed by atoms with Crippen LogP contribution in [-0.4, -0.2) is 17.4 Å². The molecule has 0 atom stereocenters. The summed E-state index contributed by atoms with van der Waals surface area (Å²) in [5, 5.41) is 8.28. The van der Waals surface area contributed by atoms with Crippen LogP contribution < -0.4 is 10.5 Å². The smallest absolute Gasteiger partial charge is 0.308 e. The maximum atomic E-state index is 10.9. The van der Waals surface area contributed by atoms with E-state index in [2.05, 4.69) is 10.2 Å². The monoisotopic (exact) mass is 327 g/mol. The Hall–Kier alpha value is -2.60. The number of nitrogens with zero attached hydrogens (tertiary/aromatic N) is 2. The summed E-state index contributed by atoms with van der Waals surface area (Å²) in [5.41, 5.74) is 7.76. The van der Waals surface area contributed by atoms with E-state index in [1.165, 1.54) is 24.2 Å². The Kier molecular flexibility index (Phi) is 6.38. The highest BCUT2D eigenvalue weighted by Gasteiger charge is 1.98. The van der Waals surface area contributed by atoms with Crippen LogP contribution in [0.15, 0.2) is 64.8 Å². The quantitative estimate of drug-likeness (QED) is 0.301. The summed E-state index contributed by atoms with van der Waals surface area (Å²) >= 11 is 1.42. The van der Waals surface area contributed by atoms with Crippen molar-refractivity contribution in [1.82, 2.24) is 0 Å². The van der Waals surface area contributed by atoms with Crippen molar-refractivity contribution in [2.45, 2.75) is 12.7 Å². The molecule has 0 saturated carbocycles. The van der Waals surface area contributed by atoms with Gasteiger partial charge in [-0.1, -0.05) is 54.2 Å². The molecule has 2 aromatic carbocycles. The molecule has 0 heterocycles. The lowest BCUT2D eigenvalue weighted by molar-refractivity contribution is -0.131. The van der Waals surface area contributed by atoms with Gasteiger partial charge in [-0.15, -0.1) is 5.10 Å². The zero-order chi connectivity index (χ0) is 16.5. The molecule has 0 aliphatic carbocycles. The molecule has 0 radical (unpaired) electrons. The Labute approximate surface area is 139 Å². The molecule has 6 heteroatoms. The van der Waals surface area contributed by atoms with E-state index in [1.54, 1.807) is 24.4 Å². The highest BCUT2D eigenvalue weighted by molar-refractivity contribution is 8.13. The predicted octanol–water partition coefficient (Wildman–Crippen LogP) is 3.19. The molecule has 0 saturated heterocycles. The van der Waals surface area contributed by atoms with Crippen molar-refractivity contribution < 1.29 is 9.53 Å². The fourth-order valence-electron chi connectivity index (χ4n) is 1.74. The van der Waals surface area contributed by atoms with E-state index in [1.807, 2.05) is 36.4 Å². The van der Waals surface area contributed by atoms with Gasteiger partial charge in [0.15, 0.2) is 5.17 Å². The first-order chi connectivity index (χ1) is 11.1. The molecule has 2 rings (SSSR count). The lowest BCUT2D eigenvalue weighted by Crippen LogP contribution is -2.06. The van der Waals surface area contributed by atoms with Gasteiger partial charge in [-0.25, -0.2) is 0 Å². The number of nitrogens with two attached hydrogens (primary N) is 1. The number of benzene rings is 2. The molecular formula is C17H17N3O2S. The van der Waals surface area contributed by atoms with E-state index >= 15 is 0 Å². The maximum absolute atomic E-state index is 10.9. The number of esters is 1. The summed E-state index contributed by atoms with van der Waals surface area (Å²) in [6.45, 7) is 1.36. The van der Waals surface area contributed by atoms with Gasteiger partial charge in [-0.05, 0) is 23.3 Å². The van der Waals surface area contributed by atoms with Crippen molar-refractivity contribution in [3.05, 3.63) is 65.7 Å². The molecule has 2 N–H and O–H groups in total. The summed E-state index contributed by atoms with van der Waals surface area (Å²) in [6, 6.07) is 17.0. The largest absolute Gasteiger partial charge is 0.427 e. The molecule has 0 spiro atoms. The summed E-state index contributed by atoms with van der Waals surface area (Å²) < 4.78 is 5.00. The lowest BCUT2D eigenvalue weighted by Gasteiger charge is -2.01. The van der Waals surface area contributed by atoms with Gasteiger partial charge in [0.2, 0.25) is 0 Å². The van der Waals surface area contributed by atoms with Crippen molar-refractivity contribution in [3.63, 3.8) is 0 Å². The fraction of sp³-hybridized carbons (Fsp3) is 0.118. The van der Waals surface area contributed by atoms with Gasteiger partial charge >= 0.3 is 5.97 Å². The number of rotatable bonds is 5. The Morgan fingerprint density at radius 3 is 2.74 bits per heavy atom.